The number of hydrogen-bond acceptors (Lipinski definition) is 2. The number of carbonyl (C=O) groups excluding carboxylic acids is 1. The number of carboxylic acids is 1. The third-order valence-electron chi connectivity index (χ3n) is 1.33. The van der Waals surface area contributed by atoms with Gasteiger partial charge in [-0.15, -0.1) is 11.6 Å². The van der Waals surface area contributed by atoms with Crippen molar-refractivity contribution < 1.29 is 14.7 Å². The van der Waals surface area contributed by atoms with Crippen LogP contribution in [0.1, 0.15) is 19.8 Å². The molecule has 2 N–H and O–H groups in total. The van der Waals surface area contributed by atoms with Crippen molar-refractivity contribution in [3.8, 4) is 0 Å². The Hall–Kier alpha value is -0.770. The second-order valence-corrected chi connectivity index (χ2v) is 2.65. The molecule has 0 aromatic carbocycles. The molecule has 0 aliphatic carbocycles. The van der Waals surface area contributed by atoms with E-state index in [2.05, 4.69) is 5.32 Å². The third kappa shape index (κ3) is 4.18. The fourth-order valence-corrected chi connectivity index (χ4v) is 0.856. The number of amides is 1. The van der Waals surface area contributed by atoms with Crippen molar-refractivity contribution >= 4 is 23.5 Å². The summed E-state index contributed by atoms with van der Waals surface area (Å²) in [7, 11) is 0. The van der Waals surface area contributed by atoms with Gasteiger partial charge in [0.05, 0.1) is 0 Å². The van der Waals surface area contributed by atoms with Crippen molar-refractivity contribution in [3.63, 3.8) is 0 Å². The number of rotatable bonds is 5. The fraction of sp³-hybridized carbons (Fsp3) is 0.714. The largest absolute Gasteiger partial charge is 0.480 e. The normalized spacial score (nSPS) is 12.2. The van der Waals surface area contributed by atoms with E-state index < -0.39 is 17.9 Å². The summed E-state index contributed by atoms with van der Waals surface area (Å²) in [5, 5.41) is 10.9. The summed E-state index contributed by atoms with van der Waals surface area (Å²) < 4.78 is 0. The van der Waals surface area contributed by atoms with Crippen LogP contribution < -0.4 is 5.32 Å². The van der Waals surface area contributed by atoms with Crippen LogP contribution in [-0.2, 0) is 9.59 Å². The summed E-state index contributed by atoms with van der Waals surface area (Å²) in [6.45, 7) is 1.85. The molecule has 0 aliphatic heterocycles. The zero-order valence-corrected chi connectivity index (χ0v) is 7.60. The van der Waals surface area contributed by atoms with Crippen molar-refractivity contribution in [1.29, 1.82) is 0 Å². The van der Waals surface area contributed by atoms with Crippen LogP contribution in [0.2, 0.25) is 0 Å². The zero-order chi connectivity index (χ0) is 9.56. The smallest absolute Gasteiger partial charge is 0.326 e. The number of carboxylic acid groups (broad SMARTS) is 1. The molecule has 0 unspecified atom stereocenters. The average molecular weight is 194 g/mol. The van der Waals surface area contributed by atoms with Gasteiger partial charge in [-0.05, 0) is 6.42 Å². The van der Waals surface area contributed by atoms with Gasteiger partial charge < -0.3 is 10.4 Å². The first-order valence-corrected chi connectivity index (χ1v) is 4.23. The zero-order valence-electron chi connectivity index (χ0n) is 6.84. The molecule has 0 radical (unpaired) electrons. The van der Waals surface area contributed by atoms with Gasteiger partial charge in [0.15, 0.2) is 0 Å². The Kier molecular flexibility index (Phi) is 5.45. The SMILES string of the molecule is CCC[C@@H](NC(=O)CCl)C(=O)O. The molecule has 0 bridgehead atoms. The monoisotopic (exact) mass is 193 g/mol. The summed E-state index contributed by atoms with van der Waals surface area (Å²) in [5.74, 6) is -1.67. The summed E-state index contributed by atoms with van der Waals surface area (Å²) in [6.07, 6.45) is 1.14. The summed E-state index contributed by atoms with van der Waals surface area (Å²) in [5.41, 5.74) is 0. The maximum Gasteiger partial charge on any atom is 0.326 e. The van der Waals surface area contributed by atoms with Crippen molar-refractivity contribution in [2.45, 2.75) is 25.8 Å². The highest BCUT2D eigenvalue weighted by molar-refractivity contribution is 6.27. The second-order valence-electron chi connectivity index (χ2n) is 2.38. The van der Waals surface area contributed by atoms with Gasteiger partial charge in [0.2, 0.25) is 5.91 Å². The van der Waals surface area contributed by atoms with Crippen LogP contribution in [0, 0.1) is 0 Å². The molecular weight excluding hydrogens is 182 g/mol. The van der Waals surface area contributed by atoms with E-state index in [0.717, 1.165) is 0 Å². The van der Waals surface area contributed by atoms with Crippen LogP contribution >= 0.6 is 11.6 Å². The van der Waals surface area contributed by atoms with E-state index >= 15 is 0 Å². The Morgan fingerprint density at radius 1 is 1.58 bits per heavy atom. The Morgan fingerprint density at radius 3 is 2.50 bits per heavy atom. The van der Waals surface area contributed by atoms with Crippen LogP contribution in [0.3, 0.4) is 0 Å². The van der Waals surface area contributed by atoms with Gasteiger partial charge in [-0.3, -0.25) is 4.79 Å². The van der Waals surface area contributed by atoms with Crippen molar-refractivity contribution in [1.82, 2.24) is 5.32 Å². The Morgan fingerprint density at radius 2 is 2.17 bits per heavy atom. The molecule has 12 heavy (non-hydrogen) atoms. The molecule has 0 rings (SSSR count). The number of aliphatic carboxylic acids is 1. The molecule has 4 nitrogen and oxygen atoms in total. The standard InChI is InChI=1S/C7H12ClNO3/c1-2-3-5(7(11)12)9-6(10)4-8/h5H,2-4H2,1H3,(H,9,10)(H,11,12)/t5-/m1/s1. The number of alkyl halides is 1. The first-order chi connectivity index (χ1) is 5.61. The van der Waals surface area contributed by atoms with Crippen LogP contribution in [-0.4, -0.2) is 28.9 Å². The number of hydrogen-bond donors (Lipinski definition) is 2. The molecule has 70 valence electrons. The van der Waals surface area contributed by atoms with Gasteiger partial charge >= 0.3 is 5.97 Å². The lowest BCUT2D eigenvalue weighted by atomic mass is 10.2. The lowest BCUT2D eigenvalue weighted by molar-refractivity contribution is -0.141. The Labute approximate surface area is 75.9 Å². The highest BCUT2D eigenvalue weighted by Gasteiger charge is 2.17. The second kappa shape index (κ2) is 5.83. The van der Waals surface area contributed by atoms with E-state index in [0.29, 0.717) is 12.8 Å². The molecule has 1 atom stereocenters. The minimum atomic E-state index is -1.02. The van der Waals surface area contributed by atoms with E-state index in [1.807, 2.05) is 6.92 Å². The predicted molar refractivity (Wildman–Crippen MR) is 45.2 cm³/mol. The van der Waals surface area contributed by atoms with Crippen LogP contribution in [0.25, 0.3) is 0 Å². The summed E-state index contributed by atoms with van der Waals surface area (Å²) >= 11 is 5.20. The summed E-state index contributed by atoms with van der Waals surface area (Å²) in [6, 6.07) is -0.804. The van der Waals surface area contributed by atoms with E-state index in [1.165, 1.54) is 0 Å². The molecule has 0 aromatic heterocycles. The Bertz CT molecular complexity index is 170. The number of halogens is 1. The van der Waals surface area contributed by atoms with Gasteiger partial charge in [0.1, 0.15) is 11.9 Å². The molecule has 5 heteroatoms. The molecular formula is C7H12ClNO3. The number of nitrogens with one attached hydrogen (secondary N) is 1. The van der Waals surface area contributed by atoms with Crippen molar-refractivity contribution in [2.24, 2.45) is 0 Å². The fourth-order valence-electron chi connectivity index (χ4n) is 0.779. The minimum Gasteiger partial charge on any atom is -0.480 e. The Balaban J connectivity index is 3.95. The van der Waals surface area contributed by atoms with Gasteiger partial charge in [-0.2, -0.15) is 0 Å². The maximum atomic E-state index is 10.7. The van der Waals surface area contributed by atoms with Crippen LogP contribution in [0.5, 0.6) is 0 Å². The molecule has 0 saturated heterocycles. The van der Waals surface area contributed by atoms with Gasteiger partial charge in [0.25, 0.3) is 0 Å². The van der Waals surface area contributed by atoms with Gasteiger partial charge in [0, 0.05) is 0 Å². The molecule has 0 fully saturated rings. The lowest BCUT2D eigenvalue weighted by Gasteiger charge is -2.11. The molecule has 1 amide bonds. The maximum absolute atomic E-state index is 10.7. The van der Waals surface area contributed by atoms with Crippen LogP contribution in [0.15, 0.2) is 0 Å². The molecule has 0 aromatic rings. The first kappa shape index (κ1) is 11.2. The van der Waals surface area contributed by atoms with E-state index in [1.54, 1.807) is 0 Å². The summed E-state index contributed by atoms with van der Waals surface area (Å²) in [4.78, 5) is 21.2. The molecule has 0 heterocycles. The molecule has 0 spiro atoms. The van der Waals surface area contributed by atoms with Gasteiger partial charge in [-0.1, -0.05) is 13.3 Å². The predicted octanol–water partition coefficient (Wildman–Crippen LogP) is 0.595. The topological polar surface area (TPSA) is 66.4 Å². The molecule has 0 saturated carbocycles. The van der Waals surface area contributed by atoms with Crippen molar-refractivity contribution in [3.05, 3.63) is 0 Å². The highest BCUT2D eigenvalue weighted by atomic mass is 35.5. The lowest BCUT2D eigenvalue weighted by Crippen LogP contribution is -2.41. The van der Waals surface area contributed by atoms with Gasteiger partial charge in [-0.25, -0.2) is 4.79 Å². The highest BCUT2D eigenvalue weighted by Crippen LogP contribution is 1.96. The molecule has 0 aliphatic rings. The first-order valence-electron chi connectivity index (χ1n) is 3.70. The number of carbonyl (C=O) groups is 2. The quantitative estimate of drug-likeness (QED) is 0.629. The van der Waals surface area contributed by atoms with E-state index in [-0.39, 0.29) is 5.88 Å². The van der Waals surface area contributed by atoms with Crippen LogP contribution in [0.4, 0.5) is 0 Å². The average Bonchev–Trinajstić information content (AvgIpc) is 2.03. The van der Waals surface area contributed by atoms with E-state index in [9.17, 15) is 9.59 Å². The third-order valence-corrected chi connectivity index (χ3v) is 1.57. The van der Waals surface area contributed by atoms with E-state index in [4.69, 9.17) is 16.7 Å². The van der Waals surface area contributed by atoms with Crippen molar-refractivity contribution in [2.75, 3.05) is 5.88 Å². The minimum absolute atomic E-state index is 0.201.